The molecule has 1 aromatic rings. The molecule has 1 heterocycles. The highest BCUT2D eigenvalue weighted by Gasteiger charge is 2.08. The lowest BCUT2D eigenvalue weighted by atomic mass is 10.1. The molecule has 2 rings (SSSR count). The van der Waals surface area contributed by atoms with Crippen LogP contribution in [0.5, 0.6) is 0 Å². The number of hydrogen-bond acceptors (Lipinski definition) is 2. The molecule has 15 heavy (non-hydrogen) atoms. The van der Waals surface area contributed by atoms with E-state index >= 15 is 0 Å². The second kappa shape index (κ2) is 4.60. The smallest absolute Gasteiger partial charge is 0.182 e. The number of benzene rings is 1. The van der Waals surface area contributed by atoms with Crippen molar-refractivity contribution in [2.24, 2.45) is 0 Å². The van der Waals surface area contributed by atoms with Crippen LogP contribution in [0.1, 0.15) is 10.4 Å². The molecule has 76 valence electrons. The van der Waals surface area contributed by atoms with Gasteiger partial charge in [0, 0.05) is 12.1 Å². The first-order chi connectivity index (χ1) is 7.36. The van der Waals surface area contributed by atoms with Crippen LogP contribution in [0.25, 0.3) is 0 Å². The molecular weight excluding hydrogens is 186 g/mol. The number of carbonyl (C=O) groups excluding carboxylic acids is 1. The van der Waals surface area contributed by atoms with E-state index in [9.17, 15) is 4.79 Å². The van der Waals surface area contributed by atoms with E-state index in [1.165, 1.54) is 0 Å². The average molecular weight is 199 g/mol. The highest BCUT2D eigenvalue weighted by molar-refractivity contribution is 5.97. The molecule has 1 aliphatic rings. The van der Waals surface area contributed by atoms with Crippen molar-refractivity contribution >= 4 is 5.78 Å². The van der Waals surface area contributed by atoms with Gasteiger partial charge in [-0.1, -0.05) is 42.5 Å². The zero-order valence-electron chi connectivity index (χ0n) is 8.47. The summed E-state index contributed by atoms with van der Waals surface area (Å²) in [5, 5.41) is 0. The van der Waals surface area contributed by atoms with E-state index in [1.54, 1.807) is 0 Å². The Hall–Kier alpha value is -1.83. The molecule has 0 saturated carbocycles. The largest absolute Gasteiger partial charge is 0.366 e. The maximum Gasteiger partial charge on any atom is 0.182 e. The Balaban J connectivity index is 1.98. The van der Waals surface area contributed by atoms with E-state index in [4.69, 9.17) is 0 Å². The third kappa shape index (κ3) is 2.56. The minimum absolute atomic E-state index is 0.163. The van der Waals surface area contributed by atoms with Crippen molar-refractivity contribution in [2.75, 3.05) is 13.1 Å². The van der Waals surface area contributed by atoms with Gasteiger partial charge in [0.15, 0.2) is 5.78 Å². The summed E-state index contributed by atoms with van der Waals surface area (Å²) >= 11 is 0. The summed E-state index contributed by atoms with van der Waals surface area (Å²) < 4.78 is 0. The first kappa shape index (κ1) is 9.71. The molecule has 0 amide bonds. The highest BCUT2D eigenvalue weighted by Crippen LogP contribution is 2.04. The maximum absolute atomic E-state index is 11.8. The molecule has 2 heteroatoms. The van der Waals surface area contributed by atoms with Crippen molar-refractivity contribution < 1.29 is 4.79 Å². The maximum atomic E-state index is 11.8. The standard InChI is InChI=1S/C13H13NO/c15-13(12-7-3-1-4-8-12)11-14-9-5-2-6-10-14/h1-9H,10-11H2. The lowest BCUT2D eigenvalue weighted by Gasteiger charge is -2.19. The van der Waals surface area contributed by atoms with E-state index in [2.05, 4.69) is 0 Å². The Morgan fingerprint density at radius 2 is 2.00 bits per heavy atom. The Morgan fingerprint density at radius 3 is 2.67 bits per heavy atom. The molecule has 0 bridgehead atoms. The molecule has 0 N–H and O–H groups in total. The van der Waals surface area contributed by atoms with Crippen LogP contribution in [-0.4, -0.2) is 23.8 Å². The van der Waals surface area contributed by atoms with Crippen LogP contribution >= 0.6 is 0 Å². The second-order valence-electron chi connectivity index (χ2n) is 3.49. The minimum Gasteiger partial charge on any atom is -0.366 e. The van der Waals surface area contributed by atoms with Gasteiger partial charge >= 0.3 is 0 Å². The van der Waals surface area contributed by atoms with E-state index < -0.39 is 0 Å². The SMILES string of the molecule is O=C(CN1C=CC=CC1)c1ccccc1. The number of nitrogens with zero attached hydrogens (tertiary/aromatic N) is 1. The van der Waals surface area contributed by atoms with Gasteiger partial charge in [0.25, 0.3) is 0 Å². The quantitative estimate of drug-likeness (QED) is 0.696. The van der Waals surface area contributed by atoms with Crippen molar-refractivity contribution in [3.63, 3.8) is 0 Å². The van der Waals surface area contributed by atoms with Crippen LogP contribution in [0.15, 0.2) is 54.8 Å². The van der Waals surface area contributed by atoms with Gasteiger partial charge in [-0.15, -0.1) is 0 Å². The van der Waals surface area contributed by atoms with Gasteiger partial charge in [0.1, 0.15) is 0 Å². The minimum atomic E-state index is 0.163. The molecule has 0 aromatic heterocycles. The van der Waals surface area contributed by atoms with Crippen molar-refractivity contribution in [1.82, 2.24) is 4.90 Å². The third-order valence-corrected chi connectivity index (χ3v) is 2.33. The van der Waals surface area contributed by atoms with Crippen molar-refractivity contribution in [2.45, 2.75) is 0 Å². The molecule has 0 saturated heterocycles. The van der Waals surface area contributed by atoms with Crippen LogP contribution in [-0.2, 0) is 0 Å². The van der Waals surface area contributed by atoms with Gasteiger partial charge in [0.05, 0.1) is 6.54 Å². The van der Waals surface area contributed by atoms with Gasteiger partial charge in [-0.3, -0.25) is 4.79 Å². The monoisotopic (exact) mass is 199 g/mol. The lowest BCUT2D eigenvalue weighted by molar-refractivity contribution is 0.0959. The van der Waals surface area contributed by atoms with Gasteiger partial charge in [-0.05, 0) is 12.3 Å². The fourth-order valence-corrected chi connectivity index (χ4v) is 1.52. The Morgan fingerprint density at radius 1 is 1.20 bits per heavy atom. The van der Waals surface area contributed by atoms with E-state index in [0.717, 1.165) is 12.1 Å². The molecule has 1 aliphatic heterocycles. The number of allylic oxidation sites excluding steroid dienone is 2. The Bertz CT molecular complexity index is 392. The average Bonchev–Trinajstić information content (AvgIpc) is 2.31. The molecule has 2 nitrogen and oxygen atoms in total. The molecule has 0 atom stereocenters. The van der Waals surface area contributed by atoms with E-state index in [1.807, 2.05) is 59.7 Å². The van der Waals surface area contributed by atoms with Crippen LogP contribution in [0.4, 0.5) is 0 Å². The van der Waals surface area contributed by atoms with Crippen LogP contribution in [0, 0.1) is 0 Å². The molecule has 0 fully saturated rings. The van der Waals surface area contributed by atoms with Gasteiger partial charge in [-0.25, -0.2) is 0 Å². The molecular formula is C13H13NO. The van der Waals surface area contributed by atoms with Crippen molar-refractivity contribution in [3.05, 3.63) is 60.3 Å². The summed E-state index contributed by atoms with van der Waals surface area (Å²) in [6.45, 7) is 1.26. The second-order valence-corrected chi connectivity index (χ2v) is 3.49. The summed E-state index contributed by atoms with van der Waals surface area (Å²) in [5.41, 5.74) is 0.778. The Kier molecular flexibility index (Phi) is 2.98. The van der Waals surface area contributed by atoms with Gasteiger partial charge in [0.2, 0.25) is 0 Å². The lowest BCUT2D eigenvalue weighted by Crippen LogP contribution is -2.26. The zero-order chi connectivity index (χ0) is 10.5. The van der Waals surface area contributed by atoms with E-state index in [0.29, 0.717) is 6.54 Å². The summed E-state index contributed by atoms with van der Waals surface area (Å²) in [6.07, 6.45) is 7.92. The van der Waals surface area contributed by atoms with Crippen LogP contribution in [0.3, 0.4) is 0 Å². The van der Waals surface area contributed by atoms with Crippen LogP contribution < -0.4 is 0 Å². The zero-order valence-corrected chi connectivity index (χ0v) is 8.47. The first-order valence-electron chi connectivity index (χ1n) is 5.02. The fourth-order valence-electron chi connectivity index (χ4n) is 1.52. The van der Waals surface area contributed by atoms with Crippen molar-refractivity contribution in [3.8, 4) is 0 Å². The van der Waals surface area contributed by atoms with E-state index in [-0.39, 0.29) is 5.78 Å². The summed E-state index contributed by atoms with van der Waals surface area (Å²) in [6, 6.07) is 9.40. The number of Topliss-reactive ketones (excluding diaryl/α,β-unsaturated/α-hetero) is 1. The first-order valence-corrected chi connectivity index (χ1v) is 5.02. The van der Waals surface area contributed by atoms with Gasteiger partial charge < -0.3 is 4.90 Å². The van der Waals surface area contributed by atoms with Crippen LogP contribution in [0.2, 0.25) is 0 Å². The molecule has 0 spiro atoms. The fraction of sp³-hybridized carbons (Fsp3) is 0.154. The predicted octanol–water partition coefficient (Wildman–Crippen LogP) is 2.25. The number of carbonyl (C=O) groups is 1. The highest BCUT2D eigenvalue weighted by atomic mass is 16.1. The Labute approximate surface area is 89.5 Å². The molecule has 0 aliphatic carbocycles. The number of ketones is 1. The summed E-state index contributed by atoms with van der Waals surface area (Å²) in [5.74, 6) is 0.163. The third-order valence-electron chi connectivity index (χ3n) is 2.33. The summed E-state index contributed by atoms with van der Waals surface area (Å²) in [7, 11) is 0. The normalized spacial score (nSPS) is 14.3. The molecule has 1 aromatic carbocycles. The van der Waals surface area contributed by atoms with Gasteiger partial charge in [-0.2, -0.15) is 0 Å². The predicted molar refractivity (Wildman–Crippen MR) is 60.6 cm³/mol. The number of hydrogen-bond donors (Lipinski definition) is 0. The molecule has 0 radical (unpaired) electrons. The van der Waals surface area contributed by atoms with Crippen molar-refractivity contribution in [1.29, 1.82) is 0 Å². The number of rotatable bonds is 3. The topological polar surface area (TPSA) is 20.3 Å². The summed E-state index contributed by atoms with van der Waals surface area (Å²) in [4.78, 5) is 13.8. The molecule has 0 unspecified atom stereocenters.